The Morgan fingerprint density at radius 1 is 1.33 bits per heavy atom. The van der Waals surface area contributed by atoms with Crippen molar-refractivity contribution in [2.24, 2.45) is 0 Å². The summed E-state index contributed by atoms with van der Waals surface area (Å²) in [4.78, 5) is 4.25. The van der Waals surface area contributed by atoms with Gasteiger partial charge in [-0.15, -0.1) is 0 Å². The summed E-state index contributed by atoms with van der Waals surface area (Å²) < 4.78 is 5.17. The lowest BCUT2D eigenvalue weighted by Crippen LogP contribution is -1.89. The molecule has 0 aliphatic rings. The van der Waals surface area contributed by atoms with E-state index in [4.69, 9.17) is 10.00 Å². The van der Waals surface area contributed by atoms with Crippen molar-refractivity contribution < 1.29 is 4.74 Å². The van der Waals surface area contributed by atoms with E-state index in [1.54, 1.807) is 13.3 Å². The lowest BCUT2D eigenvalue weighted by atomic mass is 10.1. The highest BCUT2D eigenvalue weighted by Crippen LogP contribution is 2.23. The van der Waals surface area contributed by atoms with Gasteiger partial charge < -0.3 is 4.74 Å². The molecule has 0 unspecified atom stereocenters. The SMILES string of the molecule is COc1cc(C)c2ncc(C#N)cc2c1. The van der Waals surface area contributed by atoms with Crippen LogP contribution in [-0.4, -0.2) is 12.1 Å². The summed E-state index contributed by atoms with van der Waals surface area (Å²) in [6.45, 7) is 1.98. The van der Waals surface area contributed by atoms with Gasteiger partial charge in [0, 0.05) is 11.6 Å². The number of pyridine rings is 1. The molecule has 74 valence electrons. The van der Waals surface area contributed by atoms with Crippen LogP contribution < -0.4 is 4.74 Å². The fraction of sp³-hybridized carbons (Fsp3) is 0.167. The van der Waals surface area contributed by atoms with Crippen LogP contribution in [-0.2, 0) is 0 Å². The van der Waals surface area contributed by atoms with Gasteiger partial charge >= 0.3 is 0 Å². The van der Waals surface area contributed by atoms with Gasteiger partial charge in [0.05, 0.1) is 18.2 Å². The van der Waals surface area contributed by atoms with Crippen LogP contribution in [0.2, 0.25) is 0 Å². The fourth-order valence-electron chi connectivity index (χ4n) is 1.58. The Morgan fingerprint density at radius 3 is 2.80 bits per heavy atom. The molecule has 0 saturated carbocycles. The van der Waals surface area contributed by atoms with E-state index in [-0.39, 0.29) is 0 Å². The van der Waals surface area contributed by atoms with Crippen molar-refractivity contribution >= 4 is 10.9 Å². The molecule has 0 radical (unpaired) electrons. The third kappa shape index (κ3) is 1.62. The second-order valence-electron chi connectivity index (χ2n) is 3.35. The first kappa shape index (κ1) is 9.47. The van der Waals surface area contributed by atoms with Crippen molar-refractivity contribution in [1.82, 2.24) is 4.98 Å². The predicted molar refractivity (Wildman–Crippen MR) is 57.7 cm³/mol. The quantitative estimate of drug-likeness (QED) is 0.706. The molecule has 0 saturated heterocycles. The van der Waals surface area contributed by atoms with Gasteiger partial charge in [0.2, 0.25) is 0 Å². The van der Waals surface area contributed by atoms with Gasteiger partial charge in [0.1, 0.15) is 11.8 Å². The van der Waals surface area contributed by atoms with Crippen LogP contribution >= 0.6 is 0 Å². The van der Waals surface area contributed by atoms with Crippen molar-refractivity contribution in [2.45, 2.75) is 6.92 Å². The van der Waals surface area contributed by atoms with Crippen LogP contribution in [0.15, 0.2) is 24.4 Å². The van der Waals surface area contributed by atoms with Gasteiger partial charge in [0.15, 0.2) is 0 Å². The molecule has 1 aromatic carbocycles. The minimum Gasteiger partial charge on any atom is -0.497 e. The Hall–Kier alpha value is -2.08. The van der Waals surface area contributed by atoms with E-state index in [0.717, 1.165) is 22.2 Å². The van der Waals surface area contributed by atoms with Gasteiger partial charge in [-0.25, -0.2) is 0 Å². The second-order valence-corrected chi connectivity index (χ2v) is 3.35. The summed E-state index contributed by atoms with van der Waals surface area (Å²) in [7, 11) is 1.63. The molecule has 0 N–H and O–H groups in total. The normalized spacial score (nSPS) is 9.93. The summed E-state index contributed by atoms with van der Waals surface area (Å²) in [5.74, 6) is 0.789. The number of benzene rings is 1. The second kappa shape index (κ2) is 3.58. The number of hydrogen-bond donors (Lipinski definition) is 0. The highest BCUT2D eigenvalue weighted by molar-refractivity contribution is 5.84. The molecule has 0 fully saturated rings. The van der Waals surface area contributed by atoms with Crippen LogP contribution in [0.1, 0.15) is 11.1 Å². The van der Waals surface area contributed by atoms with Crippen molar-refractivity contribution in [3.8, 4) is 11.8 Å². The fourth-order valence-corrected chi connectivity index (χ4v) is 1.58. The smallest absolute Gasteiger partial charge is 0.119 e. The summed E-state index contributed by atoms with van der Waals surface area (Å²) in [6, 6.07) is 7.71. The van der Waals surface area contributed by atoms with E-state index < -0.39 is 0 Å². The number of rotatable bonds is 1. The third-order valence-electron chi connectivity index (χ3n) is 2.31. The Balaban J connectivity index is 2.76. The first-order valence-electron chi connectivity index (χ1n) is 4.59. The van der Waals surface area contributed by atoms with Gasteiger partial charge in [0.25, 0.3) is 0 Å². The van der Waals surface area contributed by atoms with Gasteiger partial charge in [-0.3, -0.25) is 4.98 Å². The van der Waals surface area contributed by atoms with Gasteiger partial charge in [-0.05, 0) is 30.7 Å². The van der Waals surface area contributed by atoms with E-state index in [9.17, 15) is 0 Å². The molecule has 0 amide bonds. The monoisotopic (exact) mass is 198 g/mol. The first-order valence-corrected chi connectivity index (χ1v) is 4.59. The number of ether oxygens (including phenoxy) is 1. The number of aryl methyl sites for hydroxylation is 1. The zero-order valence-corrected chi connectivity index (χ0v) is 8.61. The summed E-state index contributed by atoms with van der Waals surface area (Å²) in [5, 5.41) is 9.71. The van der Waals surface area contributed by atoms with Gasteiger partial charge in [-0.1, -0.05) is 0 Å². The molecule has 0 aliphatic heterocycles. The topological polar surface area (TPSA) is 45.9 Å². The molecule has 3 heteroatoms. The third-order valence-corrected chi connectivity index (χ3v) is 2.31. The molecule has 1 aromatic heterocycles. The number of aromatic nitrogens is 1. The first-order chi connectivity index (χ1) is 7.24. The summed E-state index contributed by atoms with van der Waals surface area (Å²) in [6.07, 6.45) is 1.59. The molecule has 3 nitrogen and oxygen atoms in total. The van der Waals surface area contributed by atoms with Crippen LogP contribution in [0, 0.1) is 18.3 Å². The maximum absolute atomic E-state index is 8.77. The van der Waals surface area contributed by atoms with E-state index >= 15 is 0 Å². The highest BCUT2D eigenvalue weighted by Gasteiger charge is 2.03. The Morgan fingerprint density at radius 2 is 2.13 bits per heavy atom. The molecule has 2 rings (SSSR count). The van der Waals surface area contributed by atoms with Gasteiger partial charge in [-0.2, -0.15) is 5.26 Å². The average Bonchev–Trinajstić information content (AvgIpc) is 2.28. The molecule has 0 atom stereocenters. The van der Waals surface area contributed by atoms with Crippen molar-refractivity contribution in [1.29, 1.82) is 5.26 Å². The number of nitrogens with zero attached hydrogens (tertiary/aromatic N) is 2. The van der Waals surface area contributed by atoms with E-state index in [1.165, 1.54) is 0 Å². The average molecular weight is 198 g/mol. The molecule has 0 aliphatic carbocycles. The number of methoxy groups -OCH3 is 1. The molecule has 2 aromatic rings. The molecule has 0 spiro atoms. The number of nitriles is 1. The highest BCUT2D eigenvalue weighted by atomic mass is 16.5. The maximum Gasteiger partial charge on any atom is 0.119 e. The van der Waals surface area contributed by atoms with E-state index in [1.807, 2.05) is 25.1 Å². The molecule has 0 bridgehead atoms. The van der Waals surface area contributed by atoms with Crippen LogP contribution in [0.4, 0.5) is 0 Å². The minimum absolute atomic E-state index is 0.565. The Bertz CT molecular complexity index is 555. The van der Waals surface area contributed by atoms with E-state index in [0.29, 0.717) is 5.56 Å². The Labute approximate surface area is 87.9 Å². The summed E-state index contributed by atoms with van der Waals surface area (Å²) >= 11 is 0. The molecule has 15 heavy (non-hydrogen) atoms. The lowest BCUT2D eigenvalue weighted by Gasteiger charge is -2.05. The molecular weight excluding hydrogens is 188 g/mol. The number of fused-ring (bicyclic) bond motifs is 1. The lowest BCUT2D eigenvalue weighted by molar-refractivity contribution is 0.415. The molecule has 1 heterocycles. The van der Waals surface area contributed by atoms with Crippen molar-refractivity contribution in [3.05, 3.63) is 35.5 Å². The molecular formula is C12H10N2O. The maximum atomic E-state index is 8.77. The number of hydrogen-bond acceptors (Lipinski definition) is 3. The zero-order valence-electron chi connectivity index (χ0n) is 8.61. The largest absolute Gasteiger partial charge is 0.497 e. The zero-order chi connectivity index (χ0) is 10.8. The van der Waals surface area contributed by atoms with Crippen LogP contribution in [0.5, 0.6) is 5.75 Å². The van der Waals surface area contributed by atoms with Crippen molar-refractivity contribution in [2.75, 3.05) is 7.11 Å². The minimum atomic E-state index is 0.565. The van der Waals surface area contributed by atoms with Crippen molar-refractivity contribution in [3.63, 3.8) is 0 Å². The summed E-state index contributed by atoms with van der Waals surface area (Å²) in [5.41, 5.74) is 2.53. The van der Waals surface area contributed by atoms with Crippen LogP contribution in [0.25, 0.3) is 10.9 Å². The predicted octanol–water partition coefficient (Wildman–Crippen LogP) is 2.42. The van der Waals surface area contributed by atoms with E-state index in [2.05, 4.69) is 11.1 Å². The Kier molecular flexibility index (Phi) is 2.26. The standard InChI is InChI=1S/C12H10N2O/c1-8-3-11(15-2)5-10-4-9(6-13)7-14-12(8)10/h3-5,7H,1-2H3. The van der Waals surface area contributed by atoms with Crippen LogP contribution in [0.3, 0.4) is 0 Å².